The molecule has 108 valence electrons. The number of carbonyl (C=O) groups excluding carboxylic acids is 1. The van der Waals surface area contributed by atoms with Gasteiger partial charge < -0.3 is 15.2 Å². The van der Waals surface area contributed by atoms with Crippen LogP contribution in [-0.4, -0.2) is 29.6 Å². The molecule has 1 aliphatic rings. The Kier molecular flexibility index (Phi) is 5.82. The van der Waals surface area contributed by atoms with Crippen molar-refractivity contribution in [1.82, 2.24) is 10.1 Å². The predicted octanol–water partition coefficient (Wildman–Crippen LogP) is 1.74. The van der Waals surface area contributed by atoms with Crippen molar-refractivity contribution in [2.75, 3.05) is 13.6 Å². The number of amides is 1. The standard InChI is InChI=1S/C13H21N3O2.ClH/c1-9-6-11(15-18-9)8-16(2)13(17)12-5-3-4-10(12)7-14;/h6,10,12H,3-5,7-8,14H2,1-2H3;1H/t10-,12-;/m1./s1. The van der Waals surface area contributed by atoms with Gasteiger partial charge in [0.15, 0.2) is 0 Å². The first-order valence-electron chi connectivity index (χ1n) is 6.49. The summed E-state index contributed by atoms with van der Waals surface area (Å²) < 4.78 is 5.00. The molecule has 1 aliphatic carbocycles. The smallest absolute Gasteiger partial charge is 0.226 e. The average molecular weight is 288 g/mol. The molecule has 2 atom stereocenters. The lowest BCUT2D eigenvalue weighted by atomic mass is 9.95. The molecule has 0 aromatic carbocycles. The number of hydrogen-bond donors (Lipinski definition) is 1. The number of carbonyl (C=O) groups is 1. The summed E-state index contributed by atoms with van der Waals surface area (Å²) in [5.41, 5.74) is 6.52. The molecule has 1 aromatic heterocycles. The minimum Gasteiger partial charge on any atom is -0.361 e. The summed E-state index contributed by atoms with van der Waals surface area (Å²) in [5.74, 6) is 1.39. The van der Waals surface area contributed by atoms with Crippen LogP contribution in [0.5, 0.6) is 0 Å². The second-order valence-electron chi connectivity index (χ2n) is 5.16. The molecule has 1 aromatic rings. The monoisotopic (exact) mass is 287 g/mol. The van der Waals surface area contributed by atoms with E-state index in [-0.39, 0.29) is 24.2 Å². The molecule has 0 unspecified atom stereocenters. The van der Waals surface area contributed by atoms with Crippen LogP contribution in [0.4, 0.5) is 0 Å². The highest BCUT2D eigenvalue weighted by Gasteiger charge is 2.33. The number of aromatic nitrogens is 1. The van der Waals surface area contributed by atoms with Crippen molar-refractivity contribution in [3.8, 4) is 0 Å². The quantitative estimate of drug-likeness (QED) is 0.915. The van der Waals surface area contributed by atoms with Gasteiger partial charge in [-0.2, -0.15) is 0 Å². The molecular weight excluding hydrogens is 266 g/mol. The number of rotatable bonds is 4. The van der Waals surface area contributed by atoms with Crippen molar-refractivity contribution >= 4 is 18.3 Å². The van der Waals surface area contributed by atoms with Crippen molar-refractivity contribution in [2.45, 2.75) is 32.7 Å². The Labute approximate surface area is 119 Å². The lowest BCUT2D eigenvalue weighted by Gasteiger charge is -2.23. The third-order valence-electron chi connectivity index (χ3n) is 3.73. The minimum atomic E-state index is 0. The largest absolute Gasteiger partial charge is 0.361 e. The molecule has 5 nitrogen and oxygen atoms in total. The fourth-order valence-electron chi connectivity index (χ4n) is 2.74. The second kappa shape index (κ2) is 6.91. The molecule has 1 heterocycles. The molecule has 1 amide bonds. The van der Waals surface area contributed by atoms with Gasteiger partial charge in [-0.25, -0.2) is 0 Å². The van der Waals surface area contributed by atoms with Gasteiger partial charge >= 0.3 is 0 Å². The first-order chi connectivity index (χ1) is 8.61. The van der Waals surface area contributed by atoms with Gasteiger partial charge in [0.2, 0.25) is 5.91 Å². The first-order valence-corrected chi connectivity index (χ1v) is 6.49. The van der Waals surface area contributed by atoms with Gasteiger partial charge in [-0.15, -0.1) is 12.4 Å². The Bertz CT molecular complexity index is 422. The first kappa shape index (κ1) is 16.0. The van der Waals surface area contributed by atoms with Crippen molar-refractivity contribution in [2.24, 2.45) is 17.6 Å². The molecule has 6 heteroatoms. The minimum absolute atomic E-state index is 0. The molecule has 0 saturated heterocycles. The molecule has 0 radical (unpaired) electrons. The molecule has 1 fully saturated rings. The third-order valence-corrected chi connectivity index (χ3v) is 3.73. The van der Waals surface area contributed by atoms with Crippen molar-refractivity contribution in [1.29, 1.82) is 0 Å². The number of hydrogen-bond acceptors (Lipinski definition) is 4. The fourth-order valence-corrected chi connectivity index (χ4v) is 2.74. The van der Waals surface area contributed by atoms with Crippen LogP contribution in [-0.2, 0) is 11.3 Å². The van der Waals surface area contributed by atoms with Crippen LogP contribution in [0.15, 0.2) is 10.6 Å². The Balaban J connectivity index is 0.00000180. The molecule has 2 rings (SSSR count). The van der Waals surface area contributed by atoms with E-state index in [1.165, 1.54) is 0 Å². The van der Waals surface area contributed by atoms with Crippen LogP contribution in [0.3, 0.4) is 0 Å². The summed E-state index contributed by atoms with van der Waals surface area (Å²) in [7, 11) is 1.82. The molecule has 0 aliphatic heterocycles. The van der Waals surface area contributed by atoms with Gasteiger partial charge in [-0.05, 0) is 32.2 Å². The van der Waals surface area contributed by atoms with E-state index < -0.39 is 0 Å². The fraction of sp³-hybridized carbons (Fsp3) is 0.692. The van der Waals surface area contributed by atoms with E-state index in [0.29, 0.717) is 19.0 Å². The predicted molar refractivity (Wildman–Crippen MR) is 74.8 cm³/mol. The third kappa shape index (κ3) is 3.70. The zero-order chi connectivity index (χ0) is 13.1. The molecule has 0 bridgehead atoms. The molecule has 0 spiro atoms. The number of nitrogens with two attached hydrogens (primary N) is 1. The Morgan fingerprint density at radius 3 is 2.89 bits per heavy atom. The van der Waals surface area contributed by atoms with Crippen LogP contribution >= 0.6 is 12.4 Å². The van der Waals surface area contributed by atoms with Crippen LogP contribution in [0.1, 0.15) is 30.7 Å². The van der Waals surface area contributed by atoms with Crippen molar-refractivity contribution < 1.29 is 9.32 Å². The summed E-state index contributed by atoms with van der Waals surface area (Å²) in [6.45, 7) is 2.96. The van der Waals surface area contributed by atoms with Crippen LogP contribution in [0.2, 0.25) is 0 Å². The number of aryl methyl sites for hydroxylation is 1. The maximum Gasteiger partial charge on any atom is 0.226 e. The van der Waals surface area contributed by atoms with Gasteiger partial charge in [0, 0.05) is 19.0 Å². The Hall–Kier alpha value is -1.07. The van der Waals surface area contributed by atoms with Crippen LogP contribution in [0.25, 0.3) is 0 Å². The van der Waals surface area contributed by atoms with E-state index in [0.717, 1.165) is 30.7 Å². The summed E-state index contributed by atoms with van der Waals surface area (Å²) >= 11 is 0. The molecule has 2 N–H and O–H groups in total. The van der Waals surface area contributed by atoms with E-state index in [1.54, 1.807) is 4.90 Å². The molecular formula is C13H22ClN3O2. The Morgan fingerprint density at radius 1 is 1.58 bits per heavy atom. The zero-order valence-corrected chi connectivity index (χ0v) is 12.3. The van der Waals surface area contributed by atoms with E-state index in [9.17, 15) is 4.79 Å². The van der Waals surface area contributed by atoms with Gasteiger partial charge in [-0.3, -0.25) is 4.79 Å². The summed E-state index contributed by atoms with van der Waals surface area (Å²) in [4.78, 5) is 14.1. The van der Waals surface area contributed by atoms with E-state index in [1.807, 2.05) is 20.0 Å². The number of halogens is 1. The van der Waals surface area contributed by atoms with Crippen molar-refractivity contribution in [3.05, 3.63) is 17.5 Å². The summed E-state index contributed by atoms with van der Waals surface area (Å²) in [6, 6.07) is 1.86. The molecule has 19 heavy (non-hydrogen) atoms. The highest BCUT2D eigenvalue weighted by molar-refractivity contribution is 5.85. The van der Waals surface area contributed by atoms with Crippen LogP contribution in [0, 0.1) is 18.8 Å². The van der Waals surface area contributed by atoms with Crippen molar-refractivity contribution in [3.63, 3.8) is 0 Å². The second-order valence-corrected chi connectivity index (χ2v) is 5.16. The summed E-state index contributed by atoms with van der Waals surface area (Å²) in [6.07, 6.45) is 3.14. The van der Waals surface area contributed by atoms with E-state index in [4.69, 9.17) is 10.3 Å². The van der Waals surface area contributed by atoms with Gasteiger partial charge in [0.25, 0.3) is 0 Å². The lowest BCUT2D eigenvalue weighted by Crippen LogP contribution is -2.36. The van der Waals surface area contributed by atoms with Crippen LogP contribution < -0.4 is 5.73 Å². The van der Waals surface area contributed by atoms with Gasteiger partial charge in [0.1, 0.15) is 11.5 Å². The molecule has 1 saturated carbocycles. The maximum absolute atomic E-state index is 12.3. The summed E-state index contributed by atoms with van der Waals surface area (Å²) in [5, 5.41) is 3.91. The van der Waals surface area contributed by atoms with Gasteiger partial charge in [-0.1, -0.05) is 11.6 Å². The van der Waals surface area contributed by atoms with E-state index >= 15 is 0 Å². The Morgan fingerprint density at radius 2 is 2.32 bits per heavy atom. The zero-order valence-electron chi connectivity index (χ0n) is 11.5. The topological polar surface area (TPSA) is 72.4 Å². The highest BCUT2D eigenvalue weighted by atomic mass is 35.5. The normalized spacial score (nSPS) is 22.1. The number of nitrogens with zero attached hydrogens (tertiary/aromatic N) is 2. The van der Waals surface area contributed by atoms with Gasteiger partial charge in [0.05, 0.1) is 6.54 Å². The SMILES string of the molecule is Cc1cc(CN(C)C(=O)[C@@H]2CCC[C@@H]2CN)no1.Cl. The highest BCUT2D eigenvalue weighted by Crippen LogP contribution is 2.32. The average Bonchev–Trinajstić information content (AvgIpc) is 2.96. The lowest BCUT2D eigenvalue weighted by molar-refractivity contribution is -0.135. The maximum atomic E-state index is 12.3. The van der Waals surface area contributed by atoms with E-state index in [2.05, 4.69) is 5.16 Å².